The van der Waals surface area contributed by atoms with E-state index in [1.165, 1.54) is 36.8 Å². The van der Waals surface area contributed by atoms with E-state index in [1.54, 1.807) is 0 Å². The van der Waals surface area contributed by atoms with Gasteiger partial charge < -0.3 is 15.9 Å². The van der Waals surface area contributed by atoms with Gasteiger partial charge in [-0.05, 0) is 43.7 Å². The second-order valence-electron chi connectivity index (χ2n) is 8.97. The van der Waals surface area contributed by atoms with Crippen molar-refractivity contribution in [3.8, 4) is 0 Å². The summed E-state index contributed by atoms with van der Waals surface area (Å²) in [6.07, 6.45) is 8.56. The van der Waals surface area contributed by atoms with Gasteiger partial charge in [0, 0.05) is 37.9 Å². The summed E-state index contributed by atoms with van der Waals surface area (Å²) in [5, 5.41) is 18.0. The highest BCUT2D eigenvalue weighted by Crippen LogP contribution is 2.28. The molecule has 0 bridgehead atoms. The molecule has 0 fully saturated rings. The molecule has 2 aromatic carbocycles. The first-order chi connectivity index (χ1) is 16.1. The number of unbranched alkanes of at least 4 members (excludes halogenated alkanes) is 2. The summed E-state index contributed by atoms with van der Waals surface area (Å²) in [7, 11) is 0. The van der Waals surface area contributed by atoms with Gasteiger partial charge in [0.05, 0.1) is 0 Å². The van der Waals surface area contributed by atoms with Crippen LogP contribution < -0.4 is 5.73 Å². The highest BCUT2D eigenvalue weighted by atomic mass is 16.3. The summed E-state index contributed by atoms with van der Waals surface area (Å²) < 4.78 is 0. The number of nitrogens with two attached hydrogens (primary N) is 1. The zero-order chi connectivity index (χ0) is 24.3. The molecule has 0 unspecified atom stereocenters. The molecular formula is C29H48N2O2. The number of aliphatic hydroxyl groups is 2. The van der Waals surface area contributed by atoms with Crippen LogP contribution in [-0.4, -0.2) is 40.4 Å². The highest BCUT2D eigenvalue weighted by molar-refractivity contribution is 5.20. The molecule has 0 radical (unpaired) electrons. The van der Waals surface area contributed by atoms with Crippen molar-refractivity contribution < 1.29 is 10.2 Å². The van der Waals surface area contributed by atoms with Gasteiger partial charge >= 0.3 is 0 Å². The molecule has 3 atom stereocenters. The SMILES string of the molecule is CCCC[C@@H](N)CCO.CCCC[C@H](CCO)N(Cc1ccccc1)[C@H](C)c1ccccc1. The van der Waals surface area contributed by atoms with Crippen LogP contribution in [0.25, 0.3) is 0 Å². The summed E-state index contributed by atoms with van der Waals surface area (Å²) in [5.74, 6) is 0. The van der Waals surface area contributed by atoms with Crippen molar-refractivity contribution in [1.82, 2.24) is 4.90 Å². The summed E-state index contributed by atoms with van der Waals surface area (Å²) in [4.78, 5) is 2.57. The maximum absolute atomic E-state index is 9.58. The minimum Gasteiger partial charge on any atom is -0.396 e. The zero-order valence-electron chi connectivity index (χ0n) is 21.2. The molecule has 0 aliphatic carbocycles. The third kappa shape index (κ3) is 12.4. The average molecular weight is 457 g/mol. The zero-order valence-corrected chi connectivity index (χ0v) is 21.2. The van der Waals surface area contributed by atoms with Crippen molar-refractivity contribution >= 4 is 0 Å². The van der Waals surface area contributed by atoms with Crippen molar-refractivity contribution in [3.63, 3.8) is 0 Å². The van der Waals surface area contributed by atoms with E-state index in [1.807, 2.05) is 0 Å². The standard InChI is InChI=1S/C22H31NO.C7H17NO/c1-3-4-15-22(16-17-24)23(18-20-11-7-5-8-12-20)19(2)21-13-9-6-10-14-21;1-2-3-4-7(8)5-6-9/h5-14,19,22,24H,3-4,15-18H2,1-2H3;7,9H,2-6,8H2,1H3/t19-,22-;7-/m11/s1. The fraction of sp³-hybridized carbons (Fsp3) is 0.586. The quantitative estimate of drug-likeness (QED) is 0.304. The Bertz CT molecular complexity index is 681. The lowest BCUT2D eigenvalue weighted by Gasteiger charge is -2.37. The van der Waals surface area contributed by atoms with Gasteiger partial charge in [0.25, 0.3) is 0 Å². The molecule has 186 valence electrons. The highest BCUT2D eigenvalue weighted by Gasteiger charge is 2.24. The van der Waals surface area contributed by atoms with Gasteiger partial charge in [-0.25, -0.2) is 0 Å². The van der Waals surface area contributed by atoms with E-state index in [-0.39, 0.29) is 19.3 Å². The Labute approximate surface area is 202 Å². The molecule has 2 rings (SSSR count). The van der Waals surface area contributed by atoms with Crippen LogP contribution in [0.15, 0.2) is 60.7 Å². The molecule has 4 N–H and O–H groups in total. The van der Waals surface area contributed by atoms with Crippen LogP contribution >= 0.6 is 0 Å². The van der Waals surface area contributed by atoms with E-state index in [4.69, 9.17) is 10.8 Å². The molecule has 0 saturated heterocycles. The first-order valence-electron chi connectivity index (χ1n) is 12.9. The largest absolute Gasteiger partial charge is 0.396 e. The van der Waals surface area contributed by atoms with Gasteiger partial charge in [-0.1, -0.05) is 100 Å². The Morgan fingerprint density at radius 2 is 1.30 bits per heavy atom. The number of benzene rings is 2. The van der Waals surface area contributed by atoms with Gasteiger partial charge in [-0.15, -0.1) is 0 Å². The molecule has 0 heterocycles. The van der Waals surface area contributed by atoms with Crippen LogP contribution in [0, 0.1) is 0 Å². The second-order valence-corrected chi connectivity index (χ2v) is 8.97. The van der Waals surface area contributed by atoms with E-state index in [2.05, 4.69) is 86.3 Å². The summed E-state index contributed by atoms with van der Waals surface area (Å²) in [6.45, 7) is 8.07. The topological polar surface area (TPSA) is 69.7 Å². The van der Waals surface area contributed by atoms with E-state index in [0.717, 1.165) is 32.2 Å². The van der Waals surface area contributed by atoms with Crippen LogP contribution in [-0.2, 0) is 6.54 Å². The minimum atomic E-state index is 0.218. The predicted molar refractivity (Wildman–Crippen MR) is 141 cm³/mol. The Morgan fingerprint density at radius 1 is 0.758 bits per heavy atom. The molecule has 4 heteroatoms. The Kier molecular flexibility index (Phi) is 16.6. The lowest BCUT2D eigenvalue weighted by atomic mass is 9.98. The molecule has 33 heavy (non-hydrogen) atoms. The summed E-state index contributed by atoms with van der Waals surface area (Å²) >= 11 is 0. The lowest BCUT2D eigenvalue weighted by molar-refractivity contribution is 0.100. The third-order valence-corrected chi connectivity index (χ3v) is 6.24. The molecule has 2 aromatic rings. The minimum absolute atomic E-state index is 0.218. The van der Waals surface area contributed by atoms with Gasteiger partial charge in [0.2, 0.25) is 0 Å². The molecule has 0 aromatic heterocycles. The van der Waals surface area contributed by atoms with Crippen LogP contribution in [0.5, 0.6) is 0 Å². The van der Waals surface area contributed by atoms with E-state index < -0.39 is 0 Å². The van der Waals surface area contributed by atoms with Crippen molar-refractivity contribution in [2.45, 2.75) is 96.8 Å². The second kappa shape index (κ2) is 18.7. The van der Waals surface area contributed by atoms with E-state index in [0.29, 0.717) is 12.1 Å². The van der Waals surface area contributed by atoms with Gasteiger partial charge in [-0.3, -0.25) is 4.90 Å². The molecule has 4 nitrogen and oxygen atoms in total. The molecular weight excluding hydrogens is 408 g/mol. The Balaban J connectivity index is 0.000000513. The molecule has 0 spiro atoms. The van der Waals surface area contributed by atoms with Gasteiger partial charge in [0.15, 0.2) is 0 Å². The maximum Gasteiger partial charge on any atom is 0.0445 e. The van der Waals surface area contributed by atoms with Crippen LogP contribution in [0.3, 0.4) is 0 Å². The van der Waals surface area contributed by atoms with Crippen LogP contribution in [0.1, 0.15) is 89.3 Å². The monoisotopic (exact) mass is 456 g/mol. The lowest BCUT2D eigenvalue weighted by Crippen LogP contribution is -2.37. The average Bonchev–Trinajstić information content (AvgIpc) is 2.85. The van der Waals surface area contributed by atoms with Crippen molar-refractivity contribution in [1.29, 1.82) is 0 Å². The summed E-state index contributed by atoms with van der Waals surface area (Å²) in [6, 6.07) is 22.3. The number of aliphatic hydroxyl groups excluding tert-OH is 2. The number of rotatable bonds is 15. The normalized spacial score (nSPS) is 13.8. The molecule has 0 aliphatic heterocycles. The first-order valence-corrected chi connectivity index (χ1v) is 12.9. The number of hydrogen-bond acceptors (Lipinski definition) is 4. The summed E-state index contributed by atoms with van der Waals surface area (Å²) in [5.41, 5.74) is 8.28. The fourth-order valence-corrected chi connectivity index (χ4v) is 4.14. The van der Waals surface area contributed by atoms with Crippen molar-refractivity contribution in [2.75, 3.05) is 13.2 Å². The Hall–Kier alpha value is -1.72. The molecule has 0 aliphatic rings. The smallest absolute Gasteiger partial charge is 0.0445 e. The first kappa shape index (κ1) is 29.3. The predicted octanol–water partition coefficient (Wildman–Crippen LogP) is 6.08. The van der Waals surface area contributed by atoms with Gasteiger partial charge in [0.1, 0.15) is 0 Å². The van der Waals surface area contributed by atoms with E-state index in [9.17, 15) is 5.11 Å². The van der Waals surface area contributed by atoms with Gasteiger partial charge in [-0.2, -0.15) is 0 Å². The number of hydrogen-bond donors (Lipinski definition) is 3. The molecule has 0 saturated carbocycles. The molecule has 0 amide bonds. The maximum atomic E-state index is 9.58. The Morgan fingerprint density at radius 3 is 1.85 bits per heavy atom. The van der Waals surface area contributed by atoms with Crippen molar-refractivity contribution in [3.05, 3.63) is 71.8 Å². The third-order valence-electron chi connectivity index (χ3n) is 6.24. The number of nitrogens with zero attached hydrogens (tertiary/aromatic N) is 1. The van der Waals surface area contributed by atoms with E-state index >= 15 is 0 Å². The fourth-order valence-electron chi connectivity index (χ4n) is 4.14. The van der Waals surface area contributed by atoms with Crippen molar-refractivity contribution in [2.24, 2.45) is 5.73 Å². The van der Waals surface area contributed by atoms with Crippen LogP contribution in [0.4, 0.5) is 0 Å². The van der Waals surface area contributed by atoms with Crippen LogP contribution in [0.2, 0.25) is 0 Å².